The van der Waals surface area contributed by atoms with Gasteiger partial charge in [0.1, 0.15) is 0 Å². The molecule has 0 saturated heterocycles. The van der Waals surface area contributed by atoms with Gasteiger partial charge in [-0.3, -0.25) is 4.99 Å². The summed E-state index contributed by atoms with van der Waals surface area (Å²) in [4.78, 5) is 27.5. The Hall–Kier alpha value is -3.67. The molecule has 6 nitrogen and oxygen atoms in total. The number of carbonyl (C=O) groups is 2. The lowest BCUT2D eigenvalue weighted by Crippen LogP contribution is -2.07. The van der Waals surface area contributed by atoms with Crippen LogP contribution in [0.2, 0.25) is 0 Å². The summed E-state index contributed by atoms with van der Waals surface area (Å²) in [7, 11) is 0. The van der Waals surface area contributed by atoms with E-state index < -0.39 is 11.9 Å². The summed E-state index contributed by atoms with van der Waals surface area (Å²) in [6.45, 7) is 7.79. The molecule has 0 bridgehead atoms. The number of aromatic carboxylic acids is 2. The summed E-state index contributed by atoms with van der Waals surface area (Å²) in [5, 5.41) is 18.7. The van der Waals surface area contributed by atoms with Crippen molar-refractivity contribution in [2.75, 3.05) is 0 Å². The highest BCUT2D eigenvalue weighted by Gasteiger charge is 2.16. The number of carboxylic acid groups (broad SMARTS) is 2. The first kappa shape index (κ1) is 20.1. The van der Waals surface area contributed by atoms with E-state index in [-0.39, 0.29) is 11.1 Å². The predicted molar refractivity (Wildman–Crippen MR) is 112 cm³/mol. The Morgan fingerprint density at radius 1 is 0.897 bits per heavy atom. The molecule has 0 amide bonds. The van der Waals surface area contributed by atoms with Crippen LogP contribution in [0.3, 0.4) is 0 Å². The average Bonchev–Trinajstić information content (AvgIpc) is 2.95. The molecule has 0 unspecified atom stereocenters. The number of hydrogen-bond donors (Lipinski definition) is 2. The van der Waals surface area contributed by atoms with Crippen LogP contribution in [0.15, 0.2) is 47.5 Å². The lowest BCUT2D eigenvalue weighted by molar-refractivity contribution is 0.0696. The normalized spacial score (nSPS) is 11.2. The standard InChI is InChI=1S/C23H22N2O4/c1-13-5-6-14(2)21(7-13)24-12-19-8-15(3)25(16(19)4)20-10-17(22(26)27)9-18(11-20)23(28)29/h5-12H,1-4H3,(H,26,27)(H,28,29). The Labute approximate surface area is 168 Å². The molecule has 1 aromatic heterocycles. The summed E-state index contributed by atoms with van der Waals surface area (Å²) in [6, 6.07) is 12.1. The number of nitrogens with zero attached hydrogens (tertiary/aromatic N) is 2. The summed E-state index contributed by atoms with van der Waals surface area (Å²) in [5.41, 5.74) is 6.00. The third-order valence-electron chi connectivity index (χ3n) is 4.85. The molecule has 2 N–H and O–H groups in total. The molecule has 0 fully saturated rings. The number of benzene rings is 2. The molecule has 0 atom stereocenters. The van der Waals surface area contributed by atoms with Crippen LogP contribution in [0.5, 0.6) is 0 Å². The van der Waals surface area contributed by atoms with E-state index in [2.05, 4.69) is 4.99 Å². The van der Waals surface area contributed by atoms with Gasteiger partial charge in [0.2, 0.25) is 0 Å². The largest absolute Gasteiger partial charge is 0.478 e. The molecule has 0 aliphatic rings. The molecule has 6 heteroatoms. The first-order valence-electron chi connectivity index (χ1n) is 9.09. The van der Waals surface area contributed by atoms with Crippen LogP contribution in [0, 0.1) is 27.7 Å². The van der Waals surface area contributed by atoms with Gasteiger partial charge in [-0.25, -0.2) is 9.59 Å². The highest BCUT2D eigenvalue weighted by atomic mass is 16.4. The summed E-state index contributed by atoms with van der Waals surface area (Å²) >= 11 is 0. The van der Waals surface area contributed by atoms with Crippen molar-refractivity contribution in [3.8, 4) is 5.69 Å². The van der Waals surface area contributed by atoms with Crippen molar-refractivity contribution >= 4 is 23.8 Å². The van der Waals surface area contributed by atoms with Gasteiger partial charge in [0.15, 0.2) is 0 Å². The number of aliphatic imine (C=N–C) groups is 1. The highest BCUT2D eigenvalue weighted by Crippen LogP contribution is 2.24. The van der Waals surface area contributed by atoms with Crippen molar-refractivity contribution in [1.82, 2.24) is 4.57 Å². The fourth-order valence-corrected chi connectivity index (χ4v) is 3.30. The highest BCUT2D eigenvalue weighted by molar-refractivity contribution is 5.95. The van der Waals surface area contributed by atoms with E-state index in [1.807, 2.05) is 56.5 Å². The third kappa shape index (κ3) is 4.11. The predicted octanol–water partition coefficient (Wildman–Crippen LogP) is 4.86. The topological polar surface area (TPSA) is 91.9 Å². The minimum atomic E-state index is -1.17. The van der Waals surface area contributed by atoms with Crippen LogP contribution in [0.4, 0.5) is 5.69 Å². The van der Waals surface area contributed by atoms with Gasteiger partial charge in [0.05, 0.1) is 16.8 Å². The van der Waals surface area contributed by atoms with Crippen LogP contribution in [0.25, 0.3) is 5.69 Å². The van der Waals surface area contributed by atoms with Crippen LogP contribution in [0.1, 0.15) is 48.8 Å². The van der Waals surface area contributed by atoms with E-state index in [0.717, 1.165) is 39.8 Å². The van der Waals surface area contributed by atoms with Gasteiger partial charge in [-0.15, -0.1) is 0 Å². The SMILES string of the molecule is Cc1ccc(C)c(N=Cc2cc(C)n(-c3cc(C(=O)O)cc(C(=O)O)c3)c2C)c1. The summed E-state index contributed by atoms with van der Waals surface area (Å²) in [5.74, 6) is -2.35. The average molecular weight is 390 g/mol. The smallest absolute Gasteiger partial charge is 0.335 e. The van der Waals surface area contributed by atoms with Gasteiger partial charge < -0.3 is 14.8 Å². The van der Waals surface area contributed by atoms with Crippen LogP contribution in [-0.2, 0) is 0 Å². The zero-order valence-corrected chi connectivity index (χ0v) is 16.7. The Morgan fingerprint density at radius 3 is 2.10 bits per heavy atom. The molecule has 3 aromatic rings. The Morgan fingerprint density at radius 2 is 1.52 bits per heavy atom. The zero-order valence-electron chi connectivity index (χ0n) is 16.7. The molecule has 0 spiro atoms. The van der Waals surface area contributed by atoms with Gasteiger partial charge in [0.25, 0.3) is 0 Å². The number of aryl methyl sites for hydroxylation is 3. The molecule has 2 aromatic carbocycles. The third-order valence-corrected chi connectivity index (χ3v) is 4.85. The minimum absolute atomic E-state index is 0.0713. The molecule has 0 radical (unpaired) electrons. The lowest BCUT2D eigenvalue weighted by Gasteiger charge is -2.12. The van der Waals surface area contributed by atoms with Crippen molar-refractivity contribution in [2.45, 2.75) is 27.7 Å². The monoisotopic (exact) mass is 390 g/mol. The molecular weight excluding hydrogens is 368 g/mol. The second kappa shape index (κ2) is 7.75. The summed E-state index contributed by atoms with van der Waals surface area (Å²) in [6.07, 6.45) is 1.78. The molecule has 0 aliphatic heterocycles. The van der Waals surface area contributed by atoms with Crippen LogP contribution < -0.4 is 0 Å². The van der Waals surface area contributed by atoms with Crippen molar-refractivity contribution in [3.05, 3.63) is 81.7 Å². The maximum atomic E-state index is 11.4. The lowest BCUT2D eigenvalue weighted by atomic mass is 10.1. The fraction of sp³-hybridized carbons (Fsp3) is 0.174. The number of carboxylic acids is 2. The minimum Gasteiger partial charge on any atom is -0.478 e. The summed E-state index contributed by atoms with van der Waals surface area (Å²) < 4.78 is 1.84. The van der Waals surface area contributed by atoms with Crippen LogP contribution >= 0.6 is 0 Å². The van der Waals surface area contributed by atoms with Crippen molar-refractivity contribution in [3.63, 3.8) is 0 Å². The van der Waals surface area contributed by atoms with E-state index in [1.165, 1.54) is 12.1 Å². The first-order valence-corrected chi connectivity index (χ1v) is 9.09. The van der Waals surface area contributed by atoms with E-state index in [1.54, 1.807) is 6.21 Å². The van der Waals surface area contributed by atoms with E-state index in [4.69, 9.17) is 0 Å². The van der Waals surface area contributed by atoms with Crippen molar-refractivity contribution in [2.24, 2.45) is 4.99 Å². The molecule has 0 saturated carbocycles. The van der Waals surface area contributed by atoms with Gasteiger partial charge in [-0.05, 0) is 69.2 Å². The van der Waals surface area contributed by atoms with Crippen molar-refractivity contribution in [1.29, 1.82) is 0 Å². The first-order chi connectivity index (χ1) is 13.7. The molecule has 1 heterocycles. The fourth-order valence-electron chi connectivity index (χ4n) is 3.30. The van der Waals surface area contributed by atoms with Crippen LogP contribution in [-0.4, -0.2) is 32.9 Å². The Kier molecular flexibility index (Phi) is 5.37. The zero-order chi connectivity index (χ0) is 21.3. The maximum absolute atomic E-state index is 11.4. The molecule has 148 valence electrons. The second-order valence-corrected chi connectivity index (χ2v) is 7.09. The molecule has 3 rings (SSSR count). The molecular formula is C23H22N2O4. The van der Waals surface area contributed by atoms with Crippen molar-refractivity contribution < 1.29 is 19.8 Å². The number of rotatable bonds is 5. The van der Waals surface area contributed by atoms with E-state index in [9.17, 15) is 19.8 Å². The van der Waals surface area contributed by atoms with Gasteiger partial charge in [0, 0.05) is 28.9 Å². The molecule has 29 heavy (non-hydrogen) atoms. The van der Waals surface area contributed by atoms with Gasteiger partial charge in [-0.2, -0.15) is 0 Å². The quantitative estimate of drug-likeness (QED) is 0.609. The Balaban J connectivity index is 2.09. The number of aromatic nitrogens is 1. The van der Waals surface area contributed by atoms with Gasteiger partial charge in [-0.1, -0.05) is 12.1 Å². The number of hydrogen-bond acceptors (Lipinski definition) is 3. The molecule has 0 aliphatic carbocycles. The van der Waals surface area contributed by atoms with E-state index >= 15 is 0 Å². The van der Waals surface area contributed by atoms with E-state index in [0.29, 0.717) is 5.69 Å². The Bertz CT molecular complexity index is 1120. The second-order valence-electron chi connectivity index (χ2n) is 7.09. The van der Waals surface area contributed by atoms with Gasteiger partial charge >= 0.3 is 11.9 Å². The maximum Gasteiger partial charge on any atom is 0.335 e.